The SMILES string of the molecule is CC(C)SCc1noc(Cc2ccccc2O)n1. The van der Waals surface area contributed by atoms with Crippen LogP contribution in [0.4, 0.5) is 0 Å². The molecule has 1 heterocycles. The van der Waals surface area contributed by atoms with Crippen molar-refractivity contribution in [3.8, 4) is 5.75 Å². The first-order valence-electron chi connectivity index (χ1n) is 5.85. The lowest BCUT2D eigenvalue weighted by Gasteiger charge is -2.00. The Hall–Kier alpha value is -1.49. The van der Waals surface area contributed by atoms with Crippen LogP contribution in [0.1, 0.15) is 31.1 Å². The van der Waals surface area contributed by atoms with Gasteiger partial charge in [0.1, 0.15) is 5.75 Å². The highest BCUT2D eigenvalue weighted by Gasteiger charge is 2.10. The zero-order valence-corrected chi connectivity index (χ0v) is 11.3. The van der Waals surface area contributed by atoms with E-state index in [2.05, 4.69) is 24.0 Å². The highest BCUT2D eigenvalue weighted by molar-refractivity contribution is 7.99. The quantitative estimate of drug-likeness (QED) is 0.899. The minimum absolute atomic E-state index is 0.258. The molecule has 0 spiro atoms. The third-order valence-electron chi connectivity index (χ3n) is 2.39. The number of hydrogen-bond donors (Lipinski definition) is 1. The van der Waals surface area contributed by atoms with Crippen molar-refractivity contribution < 1.29 is 9.63 Å². The van der Waals surface area contributed by atoms with Crippen LogP contribution in [-0.4, -0.2) is 20.5 Å². The van der Waals surface area contributed by atoms with Gasteiger partial charge in [-0.25, -0.2) is 0 Å². The van der Waals surface area contributed by atoms with Gasteiger partial charge in [0.15, 0.2) is 5.82 Å². The summed E-state index contributed by atoms with van der Waals surface area (Å²) in [6.07, 6.45) is 0.464. The molecule has 96 valence electrons. The van der Waals surface area contributed by atoms with Crippen LogP contribution in [0, 0.1) is 0 Å². The predicted octanol–water partition coefficient (Wildman–Crippen LogP) is 3.01. The standard InChI is InChI=1S/C13H16N2O2S/c1-9(2)18-8-12-14-13(17-15-12)7-10-5-3-4-6-11(10)16/h3-6,9,16H,7-8H2,1-2H3. The molecule has 4 nitrogen and oxygen atoms in total. The smallest absolute Gasteiger partial charge is 0.231 e. The minimum Gasteiger partial charge on any atom is -0.508 e. The van der Waals surface area contributed by atoms with E-state index in [1.165, 1.54) is 0 Å². The lowest BCUT2D eigenvalue weighted by molar-refractivity contribution is 0.378. The van der Waals surface area contributed by atoms with Crippen LogP contribution >= 0.6 is 11.8 Å². The predicted molar refractivity (Wildman–Crippen MR) is 71.6 cm³/mol. The van der Waals surface area contributed by atoms with Crippen molar-refractivity contribution in [1.29, 1.82) is 0 Å². The summed E-state index contributed by atoms with van der Waals surface area (Å²) in [5, 5.41) is 14.1. The number of aromatic nitrogens is 2. The molecule has 1 N–H and O–H groups in total. The van der Waals surface area contributed by atoms with Crippen molar-refractivity contribution in [2.24, 2.45) is 0 Å². The number of nitrogens with zero attached hydrogens (tertiary/aromatic N) is 2. The molecule has 0 saturated carbocycles. The Morgan fingerprint density at radius 1 is 1.33 bits per heavy atom. The van der Waals surface area contributed by atoms with Crippen molar-refractivity contribution >= 4 is 11.8 Å². The molecule has 0 aliphatic carbocycles. The second-order valence-electron chi connectivity index (χ2n) is 4.27. The molecule has 18 heavy (non-hydrogen) atoms. The van der Waals surface area contributed by atoms with E-state index in [-0.39, 0.29) is 5.75 Å². The molecule has 0 unspecified atom stereocenters. The van der Waals surface area contributed by atoms with E-state index in [4.69, 9.17) is 4.52 Å². The van der Waals surface area contributed by atoms with Crippen molar-refractivity contribution in [3.05, 3.63) is 41.5 Å². The fraction of sp³-hybridized carbons (Fsp3) is 0.385. The number of thioether (sulfide) groups is 1. The summed E-state index contributed by atoms with van der Waals surface area (Å²) in [5.41, 5.74) is 0.796. The molecule has 2 rings (SSSR count). The molecule has 0 radical (unpaired) electrons. The largest absolute Gasteiger partial charge is 0.508 e. The molecular weight excluding hydrogens is 248 g/mol. The molecule has 0 aliphatic rings. The lowest BCUT2D eigenvalue weighted by atomic mass is 10.1. The summed E-state index contributed by atoms with van der Waals surface area (Å²) >= 11 is 1.77. The maximum Gasteiger partial charge on any atom is 0.231 e. The van der Waals surface area contributed by atoms with Gasteiger partial charge in [0.25, 0.3) is 0 Å². The summed E-state index contributed by atoms with van der Waals surface area (Å²) in [6.45, 7) is 4.27. The second kappa shape index (κ2) is 5.91. The van der Waals surface area contributed by atoms with Crippen LogP contribution in [0.5, 0.6) is 5.75 Å². The summed E-state index contributed by atoms with van der Waals surface area (Å²) in [4.78, 5) is 4.31. The van der Waals surface area contributed by atoms with Crippen LogP contribution in [0.2, 0.25) is 0 Å². The van der Waals surface area contributed by atoms with Gasteiger partial charge in [0.05, 0.1) is 12.2 Å². The van der Waals surface area contributed by atoms with E-state index < -0.39 is 0 Å². The van der Waals surface area contributed by atoms with Gasteiger partial charge in [0.2, 0.25) is 5.89 Å². The molecule has 1 aromatic carbocycles. The number of hydrogen-bond acceptors (Lipinski definition) is 5. The third-order valence-corrected chi connectivity index (χ3v) is 3.48. The fourth-order valence-corrected chi connectivity index (χ4v) is 2.08. The van der Waals surface area contributed by atoms with Crippen LogP contribution in [-0.2, 0) is 12.2 Å². The number of phenols is 1. The van der Waals surface area contributed by atoms with Gasteiger partial charge in [0, 0.05) is 5.56 Å². The highest BCUT2D eigenvalue weighted by atomic mass is 32.2. The molecule has 2 aromatic rings. The lowest BCUT2D eigenvalue weighted by Crippen LogP contribution is -1.92. The number of benzene rings is 1. The molecular formula is C13H16N2O2S. The Morgan fingerprint density at radius 3 is 2.83 bits per heavy atom. The van der Waals surface area contributed by atoms with Gasteiger partial charge in [-0.2, -0.15) is 16.7 Å². The highest BCUT2D eigenvalue weighted by Crippen LogP contribution is 2.20. The summed E-state index contributed by atoms with van der Waals surface area (Å²) in [5.74, 6) is 2.26. The van der Waals surface area contributed by atoms with Crippen LogP contribution in [0.15, 0.2) is 28.8 Å². The van der Waals surface area contributed by atoms with Gasteiger partial charge in [-0.1, -0.05) is 37.2 Å². The Labute approximate surface area is 110 Å². The summed E-state index contributed by atoms with van der Waals surface area (Å²) in [7, 11) is 0. The first-order chi connectivity index (χ1) is 8.65. The van der Waals surface area contributed by atoms with Crippen LogP contribution in [0.3, 0.4) is 0 Å². The molecule has 0 bridgehead atoms. The molecule has 0 atom stereocenters. The van der Waals surface area contributed by atoms with E-state index in [1.54, 1.807) is 23.9 Å². The first kappa shape index (κ1) is 13.0. The Kier molecular flexibility index (Phi) is 4.25. The number of phenolic OH excluding ortho intramolecular Hbond substituents is 1. The molecule has 0 fully saturated rings. The van der Waals surface area contributed by atoms with Gasteiger partial charge < -0.3 is 9.63 Å². The van der Waals surface area contributed by atoms with Crippen molar-refractivity contribution in [2.75, 3.05) is 0 Å². The Bertz CT molecular complexity index is 511. The van der Waals surface area contributed by atoms with Crippen molar-refractivity contribution in [2.45, 2.75) is 31.3 Å². The molecule has 0 aliphatic heterocycles. The Balaban J connectivity index is 2.00. The van der Waals surface area contributed by atoms with Gasteiger partial charge in [-0.05, 0) is 11.3 Å². The van der Waals surface area contributed by atoms with Gasteiger partial charge >= 0.3 is 0 Å². The molecule has 1 aromatic heterocycles. The van der Waals surface area contributed by atoms with Crippen LogP contribution in [0.25, 0.3) is 0 Å². The van der Waals surface area contributed by atoms with Crippen molar-refractivity contribution in [3.63, 3.8) is 0 Å². The summed E-state index contributed by atoms with van der Waals surface area (Å²) in [6, 6.07) is 7.17. The van der Waals surface area contributed by atoms with Crippen molar-refractivity contribution in [1.82, 2.24) is 10.1 Å². The monoisotopic (exact) mass is 264 g/mol. The maximum atomic E-state index is 9.66. The summed E-state index contributed by atoms with van der Waals surface area (Å²) < 4.78 is 5.17. The zero-order valence-electron chi connectivity index (χ0n) is 10.5. The topological polar surface area (TPSA) is 59.2 Å². The van der Waals surface area contributed by atoms with E-state index in [0.29, 0.717) is 23.4 Å². The normalized spacial score (nSPS) is 11.1. The van der Waals surface area contributed by atoms with Crippen LogP contribution < -0.4 is 0 Å². The molecule has 0 amide bonds. The minimum atomic E-state index is 0.258. The average Bonchev–Trinajstić information content (AvgIpc) is 2.77. The molecule has 0 saturated heterocycles. The first-order valence-corrected chi connectivity index (χ1v) is 6.90. The third kappa shape index (κ3) is 3.50. The Morgan fingerprint density at radius 2 is 2.11 bits per heavy atom. The van der Waals surface area contributed by atoms with Gasteiger partial charge in [-0.3, -0.25) is 0 Å². The maximum absolute atomic E-state index is 9.66. The number of para-hydroxylation sites is 1. The van der Waals surface area contributed by atoms with E-state index in [9.17, 15) is 5.11 Å². The second-order valence-corrected chi connectivity index (χ2v) is 5.83. The number of aromatic hydroxyl groups is 1. The van der Waals surface area contributed by atoms with E-state index in [0.717, 1.165) is 11.3 Å². The van der Waals surface area contributed by atoms with E-state index in [1.807, 2.05) is 12.1 Å². The van der Waals surface area contributed by atoms with Gasteiger partial charge in [-0.15, -0.1) is 0 Å². The average molecular weight is 264 g/mol. The molecule has 5 heteroatoms. The zero-order chi connectivity index (χ0) is 13.0. The number of rotatable bonds is 5. The fourth-order valence-electron chi connectivity index (χ4n) is 1.49. The van der Waals surface area contributed by atoms with E-state index >= 15 is 0 Å².